The van der Waals surface area contributed by atoms with E-state index in [1.807, 2.05) is 0 Å². The molecule has 1 unspecified atom stereocenters. The van der Waals surface area contributed by atoms with Gasteiger partial charge < -0.3 is 15.3 Å². The van der Waals surface area contributed by atoms with Gasteiger partial charge in [0.2, 0.25) is 0 Å². The van der Waals surface area contributed by atoms with E-state index in [0.717, 1.165) is 0 Å². The Kier molecular flexibility index (Phi) is 5.65. The Balaban J connectivity index is 2.19. The summed E-state index contributed by atoms with van der Waals surface area (Å²) >= 11 is 16.8. The Hall–Kier alpha value is -0.630. The smallest absolute Gasteiger partial charge is 0.327 e. The van der Waals surface area contributed by atoms with E-state index in [9.17, 15) is 14.7 Å². The van der Waals surface area contributed by atoms with Crippen molar-refractivity contribution in [1.29, 1.82) is 0 Å². The minimum absolute atomic E-state index is 0.272. The molecule has 0 radical (unpaired) electrons. The fraction of sp³-hybridized carbons (Fsp3) is 0.333. The van der Waals surface area contributed by atoms with Crippen molar-refractivity contribution in [2.75, 3.05) is 23.4 Å². The van der Waals surface area contributed by atoms with Crippen LogP contribution in [0.15, 0.2) is 16.6 Å². The number of carboxylic acids is 1. The molecule has 2 N–H and O–H groups in total. The predicted octanol–water partition coefficient (Wildman–Crippen LogP) is 3.79. The molecular formula is C12H11BrCl2N2O3S. The highest BCUT2D eigenvalue weighted by Crippen LogP contribution is 2.34. The van der Waals surface area contributed by atoms with Crippen molar-refractivity contribution >= 4 is 68.6 Å². The second kappa shape index (κ2) is 7.09. The van der Waals surface area contributed by atoms with E-state index in [4.69, 9.17) is 23.2 Å². The molecule has 5 nitrogen and oxygen atoms in total. The highest BCUT2D eigenvalue weighted by Gasteiger charge is 2.32. The number of aliphatic carboxylic acids is 1. The van der Waals surface area contributed by atoms with Gasteiger partial charge in [0.25, 0.3) is 0 Å². The van der Waals surface area contributed by atoms with E-state index < -0.39 is 18.0 Å². The van der Waals surface area contributed by atoms with Gasteiger partial charge in [0.05, 0.1) is 15.7 Å². The standard InChI is InChI=1S/C12H11BrCl2N2O3S/c13-6-3-7(14)10(8(15)4-6)16-12(20)17-1-2-21-5-9(17)11(18)19/h3-4,9H,1-2,5H2,(H,16,20)(H,18,19). The van der Waals surface area contributed by atoms with Crippen LogP contribution in [0.2, 0.25) is 10.0 Å². The van der Waals surface area contributed by atoms with Crippen LogP contribution in [0.4, 0.5) is 10.5 Å². The molecule has 1 aromatic rings. The number of hydrogen-bond donors (Lipinski definition) is 2. The first kappa shape index (κ1) is 16.7. The van der Waals surface area contributed by atoms with Gasteiger partial charge in [-0.2, -0.15) is 11.8 Å². The maximum absolute atomic E-state index is 12.3. The summed E-state index contributed by atoms with van der Waals surface area (Å²) in [6.07, 6.45) is 0. The van der Waals surface area contributed by atoms with Crippen LogP contribution < -0.4 is 5.32 Å². The maximum atomic E-state index is 12.3. The molecule has 0 aromatic heterocycles. The molecule has 0 aliphatic carbocycles. The van der Waals surface area contributed by atoms with Gasteiger partial charge in [-0.3, -0.25) is 0 Å². The maximum Gasteiger partial charge on any atom is 0.327 e. The van der Waals surface area contributed by atoms with E-state index >= 15 is 0 Å². The Morgan fingerprint density at radius 1 is 1.38 bits per heavy atom. The molecule has 1 atom stereocenters. The molecule has 2 amide bonds. The SMILES string of the molecule is O=C(O)C1CSCCN1C(=O)Nc1c(Cl)cc(Br)cc1Cl. The third-order valence-electron chi connectivity index (χ3n) is 2.91. The molecule has 1 aromatic carbocycles. The minimum Gasteiger partial charge on any atom is -0.480 e. The lowest BCUT2D eigenvalue weighted by atomic mass is 10.3. The Morgan fingerprint density at radius 3 is 2.57 bits per heavy atom. The number of benzene rings is 1. The van der Waals surface area contributed by atoms with E-state index in [1.54, 1.807) is 12.1 Å². The minimum atomic E-state index is -1.02. The quantitative estimate of drug-likeness (QED) is 0.773. The second-order valence-corrected chi connectivity index (χ2v) is 7.18. The average Bonchev–Trinajstić information content (AvgIpc) is 2.42. The van der Waals surface area contributed by atoms with Gasteiger partial charge in [0.15, 0.2) is 0 Å². The number of anilines is 1. The van der Waals surface area contributed by atoms with E-state index in [1.165, 1.54) is 16.7 Å². The first-order valence-electron chi connectivity index (χ1n) is 5.93. The lowest BCUT2D eigenvalue weighted by Gasteiger charge is -2.32. The number of carbonyl (C=O) groups excluding carboxylic acids is 1. The molecule has 1 aliphatic heterocycles. The number of urea groups is 1. The molecule has 9 heteroatoms. The van der Waals surface area contributed by atoms with Gasteiger partial charge in [-0.1, -0.05) is 39.1 Å². The number of halogens is 3. The number of thioether (sulfide) groups is 1. The Labute approximate surface area is 144 Å². The summed E-state index contributed by atoms with van der Waals surface area (Å²) in [7, 11) is 0. The highest BCUT2D eigenvalue weighted by molar-refractivity contribution is 9.10. The van der Waals surface area contributed by atoms with Crippen molar-refractivity contribution in [3.05, 3.63) is 26.7 Å². The number of nitrogens with one attached hydrogen (secondary N) is 1. The van der Waals surface area contributed by atoms with Gasteiger partial charge >= 0.3 is 12.0 Å². The van der Waals surface area contributed by atoms with Crippen molar-refractivity contribution in [2.24, 2.45) is 0 Å². The fourth-order valence-corrected chi connectivity index (χ4v) is 4.23. The molecule has 2 rings (SSSR count). The molecule has 21 heavy (non-hydrogen) atoms. The summed E-state index contributed by atoms with van der Waals surface area (Å²) in [5.74, 6) is 0.0363. The first-order chi connectivity index (χ1) is 9.90. The summed E-state index contributed by atoms with van der Waals surface area (Å²) < 4.78 is 0.688. The summed E-state index contributed by atoms with van der Waals surface area (Å²) in [4.78, 5) is 24.8. The van der Waals surface area contributed by atoms with Crippen molar-refractivity contribution in [3.8, 4) is 0 Å². The van der Waals surface area contributed by atoms with Crippen molar-refractivity contribution in [2.45, 2.75) is 6.04 Å². The van der Waals surface area contributed by atoms with Crippen LogP contribution in [-0.2, 0) is 4.79 Å². The molecule has 114 valence electrons. The topological polar surface area (TPSA) is 69.6 Å². The summed E-state index contributed by atoms with van der Waals surface area (Å²) in [6, 6.07) is 1.83. The van der Waals surface area contributed by atoms with Gasteiger partial charge in [-0.25, -0.2) is 9.59 Å². The van der Waals surface area contributed by atoms with Crippen LogP contribution in [0.25, 0.3) is 0 Å². The molecule has 0 spiro atoms. The molecule has 1 aliphatic rings. The average molecular weight is 414 g/mol. The van der Waals surface area contributed by atoms with Crippen LogP contribution in [0.1, 0.15) is 0 Å². The molecule has 1 saturated heterocycles. The molecule has 1 fully saturated rings. The number of carbonyl (C=O) groups is 2. The summed E-state index contributed by atoms with van der Waals surface area (Å²) in [6.45, 7) is 0.360. The van der Waals surface area contributed by atoms with Crippen LogP contribution >= 0.6 is 50.9 Å². The molecular weight excluding hydrogens is 403 g/mol. The number of carboxylic acid groups (broad SMARTS) is 1. The van der Waals surface area contributed by atoms with Crippen LogP contribution in [0.3, 0.4) is 0 Å². The van der Waals surface area contributed by atoms with Gasteiger partial charge in [-0.15, -0.1) is 0 Å². The Bertz CT molecular complexity index is 565. The van der Waals surface area contributed by atoms with E-state index in [-0.39, 0.29) is 15.7 Å². The second-order valence-electron chi connectivity index (χ2n) is 4.30. The van der Waals surface area contributed by atoms with E-state index in [2.05, 4.69) is 21.2 Å². The zero-order valence-corrected chi connectivity index (χ0v) is 14.5. The summed E-state index contributed by atoms with van der Waals surface area (Å²) in [5.41, 5.74) is 0.272. The molecule has 0 saturated carbocycles. The molecule has 0 bridgehead atoms. The number of hydrogen-bond acceptors (Lipinski definition) is 3. The van der Waals surface area contributed by atoms with E-state index in [0.29, 0.717) is 22.5 Å². The third kappa shape index (κ3) is 3.97. The number of amides is 2. The molecule has 1 heterocycles. The van der Waals surface area contributed by atoms with Crippen LogP contribution in [-0.4, -0.2) is 46.1 Å². The largest absolute Gasteiger partial charge is 0.480 e. The van der Waals surface area contributed by atoms with Crippen LogP contribution in [0.5, 0.6) is 0 Å². The summed E-state index contributed by atoms with van der Waals surface area (Å²) in [5, 5.41) is 12.3. The van der Waals surface area contributed by atoms with Crippen LogP contribution in [0, 0.1) is 0 Å². The zero-order valence-electron chi connectivity index (χ0n) is 10.6. The van der Waals surface area contributed by atoms with Crippen molar-refractivity contribution < 1.29 is 14.7 Å². The van der Waals surface area contributed by atoms with Gasteiger partial charge in [-0.05, 0) is 12.1 Å². The monoisotopic (exact) mass is 412 g/mol. The predicted molar refractivity (Wildman–Crippen MR) is 88.6 cm³/mol. The lowest BCUT2D eigenvalue weighted by Crippen LogP contribution is -2.51. The number of rotatable bonds is 2. The van der Waals surface area contributed by atoms with Gasteiger partial charge in [0, 0.05) is 22.5 Å². The Morgan fingerprint density at radius 2 is 2.00 bits per heavy atom. The lowest BCUT2D eigenvalue weighted by molar-refractivity contribution is -0.141. The normalized spacial score (nSPS) is 18.4. The van der Waals surface area contributed by atoms with Crippen molar-refractivity contribution in [1.82, 2.24) is 4.90 Å². The van der Waals surface area contributed by atoms with Gasteiger partial charge in [0.1, 0.15) is 6.04 Å². The van der Waals surface area contributed by atoms with Crippen molar-refractivity contribution in [3.63, 3.8) is 0 Å². The third-order valence-corrected chi connectivity index (χ3v) is 4.99. The highest BCUT2D eigenvalue weighted by atomic mass is 79.9. The first-order valence-corrected chi connectivity index (χ1v) is 8.63. The zero-order chi connectivity index (χ0) is 15.6. The fourth-order valence-electron chi connectivity index (χ4n) is 1.89. The number of nitrogens with zero attached hydrogens (tertiary/aromatic N) is 1.